The van der Waals surface area contributed by atoms with Crippen molar-refractivity contribution in [2.45, 2.75) is 50.8 Å². The predicted octanol–water partition coefficient (Wildman–Crippen LogP) is 1.89. The first-order chi connectivity index (χ1) is 11.7. The largest absolute Gasteiger partial charge is 0.380 e. The van der Waals surface area contributed by atoms with Crippen molar-refractivity contribution in [1.29, 1.82) is 0 Å². The van der Waals surface area contributed by atoms with Gasteiger partial charge in [-0.1, -0.05) is 5.16 Å². The van der Waals surface area contributed by atoms with Crippen molar-refractivity contribution in [2.24, 2.45) is 23.7 Å². The fourth-order valence-corrected chi connectivity index (χ4v) is 5.62. The molecule has 0 unspecified atom stereocenters. The molecule has 0 spiro atoms. The first-order valence-electron chi connectivity index (χ1n) is 9.06. The van der Waals surface area contributed by atoms with Crippen LogP contribution < -0.4 is 5.32 Å². The number of nitrogens with zero attached hydrogens (tertiary/aromatic N) is 3. The van der Waals surface area contributed by atoms with Gasteiger partial charge in [0.25, 0.3) is 0 Å². The number of methoxy groups -OCH3 is 1. The molecule has 6 atom stereocenters. The zero-order chi connectivity index (χ0) is 16.4. The van der Waals surface area contributed by atoms with E-state index in [0.29, 0.717) is 30.7 Å². The summed E-state index contributed by atoms with van der Waals surface area (Å²) in [4.78, 5) is 19.0. The van der Waals surface area contributed by atoms with Crippen LogP contribution in [-0.4, -0.2) is 46.9 Å². The van der Waals surface area contributed by atoms with E-state index in [1.54, 1.807) is 14.0 Å². The molecule has 3 saturated carbocycles. The summed E-state index contributed by atoms with van der Waals surface area (Å²) in [6, 6.07) is 0.191. The van der Waals surface area contributed by atoms with Gasteiger partial charge in [-0.25, -0.2) is 4.79 Å². The average Bonchev–Trinajstić information content (AvgIpc) is 3.10. The van der Waals surface area contributed by atoms with Gasteiger partial charge < -0.3 is 19.5 Å². The van der Waals surface area contributed by atoms with Crippen molar-refractivity contribution in [3.63, 3.8) is 0 Å². The molecule has 5 rings (SSSR count). The molecule has 130 valence electrons. The van der Waals surface area contributed by atoms with E-state index in [-0.39, 0.29) is 18.2 Å². The molecule has 2 heterocycles. The second kappa shape index (κ2) is 5.18. The lowest BCUT2D eigenvalue weighted by Gasteiger charge is -2.23. The number of amides is 2. The Morgan fingerprint density at radius 1 is 1.29 bits per heavy atom. The Kier molecular flexibility index (Phi) is 3.17. The molecule has 2 amide bonds. The van der Waals surface area contributed by atoms with Crippen LogP contribution in [0.4, 0.5) is 4.79 Å². The highest BCUT2D eigenvalue weighted by atomic mass is 16.5. The number of carbonyl (C=O) groups excluding carboxylic acids is 1. The van der Waals surface area contributed by atoms with Gasteiger partial charge in [0.1, 0.15) is 6.04 Å². The average molecular weight is 332 g/mol. The summed E-state index contributed by atoms with van der Waals surface area (Å²) in [7, 11) is 1.69. The number of fused-ring (bicyclic) bond motifs is 5. The number of urea groups is 1. The maximum Gasteiger partial charge on any atom is 0.318 e. The molecule has 1 N–H and O–H groups in total. The standard InChI is InChI=1S/C17H24N4O3/c1-8-18-16(24-20-8)12-6-11(23-2)7-21(12)17(22)19-15-13-9-3-4-10(5-9)14(13)15/h9-15H,3-7H2,1-2H3,(H,19,22)/t9-,10-,11-,12+,13+,14+/m0/s1. The molecule has 7 heteroatoms. The fraction of sp³-hybridized carbons (Fsp3) is 0.824. The quantitative estimate of drug-likeness (QED) is 0.914. The zero-order valence-electron chi connectivity index (χ0n) is 14.1. The van der Waals surface area contributed by atoms with Crippen LogP contribution in [0.25, 0.3) is 0 Å². The van der Waals surface area contributed by atoms with Crippen molar-refractivity contribution in [2.75, 3.05) is 13.7 Å². The number of nitrogens with one attached hydrogen (secondary N) is 1. The van der Waals surface area contributed by atoms with E-state index in [1.165, 1.54) is 19.3 Å². The van der Waals surface area contributed by atoms with E-state index in [1.807, 2.05) is 4.90 Å². The van der Waals surface area contributed by atoms with Gasteiger partial charge in [-0.15, -0.1) is 0 Å². The van der Waals surface area contributed by atoms with E-state index in [2.05, 4.69) is 15.5 Å². The number of carbonyl (C=O) groups is 1. The molecule has 4 fully saturated rings. The maximum atomic E-state index is 12.9. The molecule has 7 nitrogen and oxygen atoms in total. The Hall–Kier alpha value is -1.63. The van der Waals surface area contributed by atoms with Crippen molar-refractivity contribution in [3.05, 3.63) is 11.7 Å². The Morgan fingerprint density at radius 3 is 2.67 bits per heavy atom. The minimum Gasteiger partial charge on any atom is -0.380 e. The number of rotatable bonds is 3. The zero-order valence-corrected chi connectivity index (χ0v) is 14.1. The minimum absolute atomic E-state index is 0.00537. The van der Waals surface area contributed by atoms with E-state index in [4.69, 9.17) is 9.26 Å². The van der Waals surface area contributed by atoms with Crippen molar-refractivity contribution in [1.82, 2.24) is 20.4 Å². The predicted molar refractivity (Wildman–Crippen MR) is 84.0 cm³/mol. The Bertz CT molecular complexity index is 646. The second-order valence-electron chi connectivity index (χ2n) is 7.90. The van der Waals surface area contributed by atoms with Gasteiger partial charge in [-0.05, 0) is 49.9 Å². The van der Waals surface area contributed by atoms with Crippen LogP contribution in [0.5, 0.6) is 0 Å². The molecule has 4 aliphatic rings. The van der Waals surface area contributed by atoms with Crippen molar-refractivity contribution >= 4 is 6.03 Å². The van der Waals surface area contributed by atoms with Crippen LogP contribution in [-0.2, 0) is 4.74 Å². The van der Waals surface area contributed by atoms with Gasteiger partial charge in [0.2, 0.25) is 5.89 Å². The molecular weight excluding hydrogens is 308 g/mol. The van der Waals surface area contributed by atoms with Gasteiger partial charge in [-0.3, -0.25) is 0 Å². The van der Waals surface area contributed by atoms with Gasteiger partial charge in [-0.2, -0.15) is 4.98 Å². The number of hydrogen-bond acceptors (Lipinski definition) is 5. The summed E-state index contributed by atoms with van der Waals surface area (Å²) < 4.78 is 10.8. The van der Waals surface area contributed by atoms with E-state index in [9.17, 15) is 4.79 Å². The lowest BCUT2D eigenvalue weighted by atomic mass is 10.0. The monoisotopic (exact) mass is 332 g/mol. The lowest BCUT2D eigenvalue weighted by molar-refractivity contribution is 0.110. The second-order valence-corrected chi connectivity index (χ2v) is 7.90. The van der Waals surface area contributed by atoms with Gasteiger partial charge >= 0.3 is 6.03 Å². The van der Waals surface area contributed by atoms with Crippen LogP contribution in [0.2, 0.25) is 0 Å². The Balaban J connectivity index is 1.30. The molecule has 1 aromatic rings. The molecule has 2 bridgehead atoms. The van der Waals surface area contributed by atoms with E-state index >= 15 is 0 Å². The topological polar surface area (TPSA) is 80.5 Å². The highest BCUT2D eigenvalue weighted by molar-refractivity contribution is 5.76. The van der Waals surface area contributed by atoms with Crippen molar-refractivity contribution < 1.29 is 14.1 Å². The molecule has 0 aromatic carbocycles. The molecule has 1 aromatic heterocycles. The third-order valence-electron chi connectivity index (χ3n) is 6.71. The number of hydrogen-bond donors (Lipinski definition) is 1. The minimum atomic E-state index is -0.188. The summed E-state index contributed by atoms with van der Waals surface area (Å²) >= 11 is 0. The van der Waals surface area contributed by atoms with E-state index in [0.717, 1.165) is 23.7 Å². The normalized spacial score (nSPS) is 42.4. The summed E-state index contributed by atoms with van der Waals surface area (Å²) in [5.74, 6) is 4.28. The molecule has 1 aliphatic heterocycles. The van der Waals surface area contributed by atoms with Crippen LogP contribution in [0.15, 0.2) is 4.52 Å². The van der Waals surface area contributed by atoms with Gasteiger partial charge in [0.15, 0.2) is 5.82 Å². The first-order valence-corrected chi connectivity index (χ1v) is 9.06. The highest BCUT2D eigenvalue weighted by Gasteiger charge is 2.65. The molecule has 24 heavy (non-hydrogen) atoms. The van der Waals surface area contributed by atoms with Crippen LogP contribution >= 0.6 is 0 Å². The molecule has 0 radical (unpaired) electrons. The molecule has 1 saturated heterocycles. The van der Waals surface area contributed by atoms with Crippen LogP contribution in [0, 0.1) is 30.6 Å². The van der Waals surface area contributed by atoms with Gasteiger partial charge in [0, 0.05) is 26.1 Å². The maximum absolute atomic E-state index is 12.9. The number of ether oxygens (including phenoxy) is 1. The third-order valence-corrected chi connectivity index (χ3v) is 6.71. The summed E-state index contributed by atoms with van der Waals surface area (Å²) in [5, 5.41) is 7.16. The third kappa shape index (κ3) is 2.10. The van der Waals surface area contributed by atoms with Crippen molar-refractivity contribution in [3.8, 4) is 0 Å². The number of likely N-dealkylation sites (tertiary alicyclic amines) is 1. The van der Waals surface area contributed by atoms with Gasteiger partial charge in [0.05, 0.1) is 6.10 Å². The van der Waals surface area contributed by atoms with E-state index < -0.39 is 0 Å². The van der Waals surface area contributed by atoms with Crippen LogP contribution in [0.1, 0.15) is 43.4 Å². The smallest absolute Gasteiger partial charge is 0.318 e. The SMILES string of the molecule is CO[C@H]1C[C@H](c2nc(C)no2)N(C(=O)NC2[C@@H]3[C@H]4CC[C@@H](C4)[C@@H]23)C1. The summed E-state index contributed by atoms with van der Waals surface area (Å²) in [5.41, 5.74) is 0. The first kappa shape index (κ1) is 14.7. The Labute approximate surface area is 141 Å². The number of aryl methyl sites for hydroxylation is 1. The number of aromatic nitrogens is 2. The summed E-state index contributed by atoms with van der Waals surface area (Å²) in [6.07, 6.45) is 4.83. The van der Waals surface area contributed by atoms with Crippen LogP contribution in [0.3, 0.4) is 0 Å². The molecular formula is C17H24N4O3. The fourth-order valence-electron chi connectivity index (χ4n) is 5.62. The Morgan fingerprint density at radius 2 is 2.04 bits per heavy atom. The highest BCUT2D eigenvalue weighted by Crippen LogP contribution is 2.65. The lowest BCUT2D eigenvalue weighted by Crippen LogP contribution is -2.42. The molecule has 3 aliphatic carbocycles. The summed E-state index contributed by atoms with van der Waals surface area (Å²) in [6.45, 7) is 2.37.